The van der Waals surface area contributed by atoms with E-state index in [1.54, 1.807) is 42.2 Å². The van der Waals surface area contributed by atoms with Crippen LogP contribution in [0.15, 0.2) is 66.1 Å². The number of aliphatic hydroxyl groups is 1. The lowest BCUT2D eigenvalue weighted by Crippen LogP contribution is -2.33. The lowest BCUT2D eigenvalue weighted by Gasteiger charge is -2.12. The van der Waals surface area contributed by atoms with Gasteiger partial charge in [-0.2, -0.15) is 0 Å². The van der Waals surface area contributed by atoms with E-state index in [1.807, 2.05) is 30.3 Å². The predicted molar refractivity (Wildman–Crippen MR) is 115 cm³/mol. The van der Waals surface area contributed by atoms with Crippen LogP contribution < -0.4 is 10.6 Å². The van der Waals surface area contributed by atoms with Crippen molar-refractivity contribution in [1.29, 1.82) is 0 Å². The molecule has 0 unspecified atom stereocenters. The number of amides is 2. The van der Waals surface area contributed by atoms with Gasteiger partial charge in [0, 0.05) is 31.3 Å². The summed E-state index contributed by atoms with van der Waals surface area (Å²) in [6, 6.07) is 16.3. The normalized spacial score (nSPS) is 11.7. The SMILES string of the molecule is Cn1cnnc1SCC(=O)Nc1cccc(C(=O)NC[C@@H](O)Cc2ccccc2)c1. The highest BCUT2D eigenvalue weighted by Crippen LogP contribution is 2.15. The summed E-state index contributed by atoms with van der Waals surface area (Å²) in [7, 11) is 1.80. The maximum absolute atomic E-state index is 12.4. The molecular formula is C21H23N5O3S. The fourth-order valence-electron chi connectivity index (χ4n) is 2.74. The highest BCUT2D eigenvalue weighted by atomic mass is 32.2. The zero-order chi connectivity index (χ0) is 21.3. The highest BCUT2D eigenvalue weighted by molar-refractivity contribution is 7.99. The first-order valence-electron chi connectivity index (χ1n) is 9.38. The third kappa shape index (κ3) is 6.43. The Morgan fingerprint density at radius 3 is 2.70 bits per heavy atom. The van der Waals surface area contributed by atoms with Crippen molar-refractivity contribution < 1.29 is 14.7 Å². The number of nitrogens with zero attached hydrogens (tertiary/aromatic N) is 3. The van der Waals surface area contributed by atoms with Gasteiger partial charge < -0.3 is 20.3 Å². The minimum absolute atomic E-state index is 0.138. The molecule has 0 fully saturated rings. The Kier molecular flexibility index (Phi) is 7.58. The smallest absolute Gasteiger partial charge is 0.251 e. The van der Waals surface area contributed by atoms with Crippen molar-refractivity contribution in [3.8, 4) is 0 Å². The van der Waals surface area contributed by atoms with Gasteiger partial charge in [-0.05, 0) is 23.8 Å². The van der Waals surface area contributed by atoms with Gasteiger partial charge in [0.05, 0.1) is 11.9 Å². The molecule has 0 radical (unpaired) electrons. The van der Waals surface area contributed by atoms with E-state index in [2.05, 4.69) is 20.8 Å². The molecule has 0 saturated heterocycles. The summed E-state index contributed by atoms with van der Waals surface area (Å²) in [5.74, 6) is -0.347. The van der Waals surface area contributed by atoms with Crippen LogP contribution in [0, 0.1) is 0 Å². The van der Waals surface area contributed by atoms with Crippen LogP contribution in [-0.2, 0) is 18.3 Å². The monoisotopic (exact) mass is 425 g/mol. The molecule has 30 heavy (non-hydrogen) atoms. The molecule has 0 spiro atoms. The Morgan fingerprint density at radius 2 is 1.97 bits per heavy atom. The van der Waals surface area contributed by atoms with Crippen LogP contribution in [0.5, 0.6) is 0 Å². The summed E-state index contributed by atoms with van der Waals surface area (Å²) in [5.41, 5.74) is 1.93. The number of hydrogen-bond acceptors (Lipinski definition) is 6. The lowest BCUT2D eigenvalue weighted by molar-refractivity contribution is -0.113. The summed E-state index contributed by atoms with van der Waals surface area (Å²) < 4.78 is 1.73. The van der Waals surface area contributed by atoms with Gasteiger partial charge in [-0.25, -0.2) is 0 Å². The maximum Gasteiger partial charge on any atom is 0.251 e. The fraction of sp³-hybridized carbons (Fsp3) is 0.238. The van der Waals surface area contributed by atoms with Crippen LogP contribution in [-0.4, -0.2) is 50.1 Å². The summed E-state index contributed by atoms with van der Waals surface area (Å²) in [4.78, 5) is 24.6. The molecule has 2 aromatic carbocycles. The van der Waals surface area contributed by atoms with Crippen molar-refractivity contribution in [1.82, 2.24) is 20.1 Å². The van der Waals surface area contributed by atoms with Crippen LogP contribution in [0.4, 0.5) is 5.69 Å². The number of carbonyl (C=O) groups excluding carboxylic acids is 2. The van der Waals surface area contributed by atoms with Gasteiger partial charge in [0.15, 0.2) is 5.16 Å². The topological polar surface area (TPSA) is 109 Å². The average Bonchev–Trinajstić information content (AvgIpc) is 3.16. The number of aryl methyl sites for hydroxylation is 1. The summed E-state index contributed by atoms with van der Waals surface area (Å²) in [6.07, 6.45) is 1.34. The first kappa shape index (κ1) is 21.5. The van der Waals surface area contributed by atoms with E-state index < -0.39 is 6.10 Å². The van der Waals surface area contributed by atoms with Gasteiger partial charge in [0.25, 0.3) is 5.91 Å². The Balaban J connectivity index is 1.48. The minimum Gasteiger partial charge on any atom is -0.391 e. The minimum atomic E-state index is -0.683. The van der Waals surface area contributed by atoms with Crippen LogP contribution in [0.1, 0.15) is 15.9 Å². The van der Waals surface area contributed by atoms with E-state index in [1.165, 1.54) is 11.8 Å². The van der Waals surface area contributed by atoms with E-state index in [0.717, 1.165) is 5.56 Å². The number of aliphatic hydroxyl groups excluding tert-OH is 1. The first-order valence-corrected chi connectivity index (χ1v) is 10.4. The Morgan fingerprint density at radius 1 is 1.17 bits per heavy atom. The number of thioether (sulfide) groups is 1. The number of anilines is 1. The molecule has 3 aromatic rings. The third-order valence-electron chi connectivity index (χ3n) is 4.22. The zero-order valence-corrected chi connectivity index (χ0v) is 17.3. The van der Waals surface area contributed by atoms with Crippen molar-refractivity contribution in [2.75, 3.05) is 17.6 Å². The standard InChI is InChI=1S/C21H23N5O3S/c1-26-14-23-25-21(26)30-13-19(28)24-17-9-5-8-16(11-17)20(29)22-12-18(27)10-15-6-3-2-4-7-15/h2-9,11,14,18,27H,10,12-13H2,1H3,(H,22,29)(H,24,28)/t18-/m0/s1. The predicted octanol–water partition coefficient (Wildman–Crippen LogP) is 1.88. The molecule has 0 bridgehead atoms. The molecule has 0 aliphatic rings. The van der Waals surface area contributed by atoms with Crippen molar-refractivity contribution in [2.24, 2.45) is 7.05 Å². The van der Waals surface area contributed by atoms with Gasteiger partial charge in [-0.15, -0.1) is 10.2 Å². The number of carbonyl (C=O) groups is 2. The molecule has 8 nitrogen and oxygen atoms in total. The van der Waals surface area contributed by atoms with Crippen LogP contribution in [0.2, 0.25) is 0 Å². The molecule has 0 aliphatic heterocycles. The van der Waals surface area contributed by atoms with E-state index in [0.29, 0.717) is 22.8 Å². The highest BCUT2D eigenvalue weighted by Gasteiger charge is 2.12. The molecule has 0 aliphatic carbocycles. The first-order chi connectivity index (χ1) is 14.5. The third-order valence-corrected chi connectivity index (χ3v) is 5.26. The summed E-state index contributed by atoms with van der Waals surface area (Å²) >= 11 is 1.27. The van der Waals surface area contributed by atoms with Crippen molar-refractivity contribution in [3.63, 3.8) is 0 Å². The van der Waals surface area contributed by atoms with Crippen molar-refractivity contribution in [3.05, 3.63) is 72.1 Å². The second-order valence-electron chi connectivity index (χ2n) is 6.70. The van der Waals surface area contributed by atoms with Crippen LogP contribution in [0.3, 0.4) is 0 Å². The second-order valence-corrected chi connectivity index (χ2v) is 7.64. The van der Waals surface area contributed by atoms with Gasteiger partial charge in [0.2, 0.25) is 5.91 Å². The Bertz CT molecular complexity index is 993. The molecule has 1 aromatic heterocycles. The summed E-state index contributed by atoms with van der Waals surface area (Å²) in [5, 5.41) is 24.0. The van der Waals surface area contributed by atoms with Crippen molar-refractivity contribution in [2.45, 2.75) is 17.7 Å². The zero-order valence-electron chi connectivity index (χ0n) is 16.5. The largest absolute Gasteiger partial charge is 0.391 e. The summed E-state index contributed by atoms with van der Waals surface area (Å²) in [6.45, 7) is 0.138. The van der Waals surface area contributed by atoms with Gasteiger partial charge in [0.1, 0.15) is 6.33 Å². The van der Waals surface area contributed by atoms with Gasteiger partial charge >= 0.3 is 0 Å². The Labute approximate surface area is 178 Å². The fourth-order valence-corrected chi connectivity index (χ4v) is 3.43. The molecule has 156 valence electrons. The van der Waals surface area contributed by atoms with Gasteiger partial charge in [-0.1, -0.05) is 48.2 Å². The van der Waals surface area contributed by atoms with Gasteiger partial charge in [-0.3, -0.25) is 9.59 Å². The van der Waals surface area contributed by atoms with Crippen LogP contribution in [0.25, 0.3) is 0 Å². The Hall–Kier alpha value is -3.17. The average molecular weight is 426 g/mol. The number of benzene rings is 2. The molecule has 9 heteroatoms. The molecule has 1 atom stereocenters. The molecule has 3 rings (SSSR count). The van der Waals surface area contributed by atoms with E-state index >= 15 is 0 Å². The van der Waals surface area contributed by atoms with E-state index in [-0.39, 0.29) is 24.1 Å². The second kappa shape index (κ2) is 10.6. The number of nitrogens with one attached hydrogen (secondary N) is 2. The molecule has 0 saturated carbocycles. The van der Waals surface area contributed by atoms with Crippen LogP contribution >= 0.6 is 11.8 Å². The maximum atomic E-state index is 12.4. The molecule has 1 heterocycles. The quantitative estimate of drug-likeness (QED) is 0.452. The van der Waals surface area contributed by atoms with E-state index in [9.17, 15) is 14.7 Å². The van der Waals surface area contributed by atoms with Crippen molar-refractivity contribution >= 4 is 29.3 Å². The van der Waals surface area contributed by atoms with E-state index in [4.69, 9.17) is 0 Å². The molecule has 3 N–H and O–H groups in total. The lowest BCUT2D eigenvalue weighted by atomic mass is 10.1. The number of rotatable bonds is 9. The number of hydrogen-bond donors (Lipinski definition) is 3. The molecule has 2 amide bonds. The number of aromatic nitrogens is 3. The molecular weight excluding hydrogens is 402 g/mol.